The molecule has 3 heterocycles. The van der Waals surface area contributed by atoms with Crippen molar-refractivity contribution in [1.82, 2.24) is 15.1 Å². The minimum atomic E-state index is -0.642. The van der Waals surface area contributed by atoms with Gasteiger partial charge in [-0.15, -0.1) is 0 Å². The minimum absolute atomic E-state index is 0.0547. The van der Waals surface area contributed by atoms with Crippen molar-refractivity contribution in [3.8, 4) is 17.0 Å². The minimum Gasteiger partial charge on any atom is -0.507 e. The Labute approximate surface area is 166 Å². The monoisotopic (exact) mass is 393 g/mol. The predicted octanol–water partition coefficient (Wildman–Crippen LogP) is 3.65. The molecule has 0 saturated carbocycles. The first-order chi connectivity index (χ1) is 14.1. The molecule has 2 aromatic carbocycles. The molecule has 0 bridgehead atoms. The number of ether oxygens (including phenoxy) is 1. The fourth-order valence-corrected chi connectivity index (χ4v) is 4.29. The Bertz CT molecular complexity index is 1070. The second-order valence-electron chi connectivity index (χ2n) is 7.39. The summed E-state index contributed by atoms with van der Waals surface area (Å²) in [5.41, 5.74) is 2.26. The van der Waals surface area contributed by atoms with Gasteiger partial charge >= 0.3 is 0 Å². The highest BCUT2D eigenvalue weighted by Crippen LogP contribution is 2.45. The van der Waals surface area contributed by atoms with Crippen LogP contribution in [-0.2, 0) is 4.74 Å². The number of para-hydroxylation sites is 1. The largest absolute Gasteiger partial charge is 0.507 e. The quantitative estimate of drug-likeness (QED) is 0.709. The number of nitrogens with one attached hydrogen (secondary N) is 1. The summed E-state index contributed by atoms with van der Waals surface area (Å²) in [5, 5.41) is 17.5. The standard InChI is InChI=1S/C22H20FN3O3/c23-16-9-3-1-7-14(16)21-18-19(15-8-2-4-10-17(15)27)24-25-20(18)22(28)26(21)12-13-6-5-11-29-13/h1-4,7-10,13,21,27H,5-6,11-12H2,(H,24,25)/t13-,21-/m1/s1. The van der Waals surface area contributed by atoms with Gasteiger partial charge in [-0.25, -0.2) is 4.39 Å². The smallest absolute Gasteiger partial charge is 0.273 e. The van der Waals surface area contributed by atoms with Crippen molar-refractivity contribution in [2.45, 2.75) is 25.0 Å². The summed E-state index contributed by atoms with van der Waals surface area (Å²) in [6.07, 6.45) is 1.75. The number of aromatic hydroxyl groups is 1. The molecule has 1 aromatic heterocycles. The number of rotatable bonds is 4. The molecule has 0 aliphatic carbocycles. The molecule has 0 radical (unpaired) electrons. The third-order valence-corrected chi connectivity index (χ3v) is 5.65. The van der Waals surface area contributed by atoms with Crippen LogP contribution in [0.2, 0.25) is 0 Å². The van der Waals surface area contributed by atoms with E-state index in [0.717, 1.165) is 12.8 Å². The number of amides is 1. The molecule has 2 aliphatic rings. The fraction of sp³-hybridized carbons (Fsp3) is 0.273. The molecule has 0 spiro atoms. The van der Waals surface area contributed by atoms with E-state index in [1.165, 1.54) is 6.07 Å². The number of benzene rings is 2. The summed E-state index contributed by atoms with van der Waals surface area (Å²) in [6.45, 7) is 1.05. The number of carbonyl (C=O) groups excluding carboxylic acids is 1. The zero-order valence-corrected chi connectivity index (χ0v) is 15.6. The molecule has 6 nitrogen and oxygen atoms in total. The van der Waals surface area contributed by atoms with Gasteiger partial charge in [0, 0.05) is 29.8 Å². The van der Waals surface area contributed by atoms with Crippen LogP contribution in [0.15, 0.2) is 48.5 Å². The third kappa shape index (κ3) is 2.89. The first kappa shape index (κ1) is 17.9. The normalized spacial score (nSPS) is 21.0. The van der Waals surface area contributed by atoms with Crippen molar-refractivity contribution < 1.29 is 19.0 Å². The zero-order chi connectivity index (χ0) is 20.0. The number of aromatic nitrogens is 2. The van der Waals surface area contributed by atoms with E-state index in [2.05, 4.69) is 10.2 Å². The predicted molar refractivity (Wildman–Crippen MR) is 104 cm³/mol. The lowest BCUT2D eigenvalue weighted by molar-refractivity contribution is 0.0492. The summed E-state index contributed by atoms with van der Waals surface area (Å²) in [7, 11) is 0. The van der Waals surface area contributed by atoms with Crippen LogP contribution in [0, 0.1) is 5.82 Å². The van der Waals surface area contributed by atoms with Gasteiger partial charge in [-0.05, 0) is 31.0 Å². The maximum Gasteiger partial charge on any atom is 0.273 e. The number of fused-ring (bicyclic) bond motifs is 1. The average Bonchev–Trinajstić information content (AvgIpc) is 3.43. The lowest BCUT2D eigenvalue weighted by Gasteiger charge is -2.28. The molecule has 29 heavy (non-hydrogen) atoms. The molecule has 148 valence electrons. The summed E-state index contributed by atoms with van der Waals surface area (Å²) in [4.78, 5) is 14.9. The van der Waals surface area contributed by atoms with Gasteiger partial charge in [0.05, 0.1) is 12.1 Å². The van der Waals surface area contributed by atoms with Gasteiger partial charge in [0.15, 0.2) is 0 Å². The highest BCUT2D eigenvalue weighted by Gasteiger charge is 2.44. The summed E-state index contributed by atoms with van der Waals surface area (Å²) in [5.74, 6) is -0.572. The molecule has 0 unspecified atom stereocenters. The van der Waals surface area contributed by atoms with Gasteiger partial charge in [0.2, 0.25) is 0 Å². The average molecular weight is 393 g/mol. The number of nitrogens with zero attached hydrogens (tertiary/aromatic N) is 2. The highest BCUT2D eigenvalue weighted by atomic mass is 19.1. The van der Waals surface area contributed by atoms with Crippen molar-refractivity contribution in [3.63, 3.8) is 0 Å². The van der Waals surface area contributed by atoms with Gasteiger partial charge in [-0.3, -0.25) is 9.89 Å². The second kappa shape index (κ2) is 7.00. The van der Waals surface area contributed by atoms with E-state index < -0.39 is 6.04 Å². The van der Waals surface area contributed by atoms with Crippen molar-refractivity contribution in [3.05, 3.63) is 71.2 Å². The number of aromatic amines is 1. The molecule has 1 fully saturated rings. The number of H-pyrrole nitrogens is 1. The zero-order valence-electron chi connectivity index (χ0n) is 15.6. The van der Waals surface area contributed by atoms with Crippen molar-refractivity contribution in [2.24, 2.45) is 0 Å². The van der Waals surface area contributed by atoms with Crippen molar-refractivity contribution in [2.75, 3.05) is 13.2 Å². The Morgan fingerprint density at radius 1 is 1.21 bits per heavy atom. The number of hydrogen-bond donors (Lipinski definition) is 2. The third-order valence-electron chi connectivity index (χ3n) is 5.65. The van der Waals surface area contributed by atoms with Crippen LogP contribution in [0.3, 0.4) is 0 Å². The van der Waals surface area contributed by atoms with Crippen LogP contribution in [0.1, 0.15) is 40.5 Å². The van der Waals surface area contributed by atoms with Crippen LogP contribution >= 0.6 is 0 Å². The molecular weight excluding hydrogens is 373 g/mol. The Kier molecular flexibility index (Phi) is 4.32. The number of phenols is 1. The Morgan fingerprint density at radius 3 is 2.76 bits per heavy atom. The number of phenolic OH excluding ortho intramolecular Hbond substituents is 1. The first-order valence-corrected chi connectivity index (χ1v) is 9.68. The summed E-state index contributed by atoms with van der Waals surface area (Å²) >= 11 is 0. The van der Waals surface area contributed by atoms with Gasteiger partial charge in [0.1, 0.15) is 23.0 Å². The van der Waals surface area contributed by atoms with Gasteiger partial charge in [0.25, 0.3) is 5.91 Å². The topological polar surface area (TPSA) is 78.5 Å². The molecule has 2 aliphatic heterocycles. The van der Waals surface area contributed by atoms with E-state index in [1.54, 1.807) is 47.4 Å². The van der Waals surface area contributed by atoms with E-state index in [9.17, 15) is 14.3 Å². The van der Waals surface area contributed by atoms with Crippen LogP contribution in [0.5, 0.6) is 5.75 Å². The van der Waals surface area contributed by atoms with Crippen molar-refractivity contribution in [1.29, 1.82) is 0 Å². The maximum absolute atomic E-state index is 14.8. The van der Waals surface area contributed by atoms with Crippen LogP contribution in [0.4, 0.5) is 4.39 Å². The van der Waals surface area contributed by atoms with Gasteiger partial charge in [-0.1, -0.05) is 30.3 Å². The Hall–Kier alpha value is -3.19. The molecule has 1 amide bonds. The van der Waals surface area contributed by atoms with Gasteiger partial charge < -0.3 is 14.7 Å². The Morgan fingerprint density at radius 2 is 2.00 bits per heavy atom. The molecule has 2 atom stereocenters. The molecule has 5 rings (SSSR count). The maximum atomic E-state index is 14.8. The van der Waals surface area contributed by atoms with E-state index in [4.69, 9.17) is 4.74 Å². The molecule has 3 aromatic rings. The first-order valence-electron chi connectivity index (χ1n) is 9.68. The van der Waals surface area contributed by atoms with E-state index in [0.29, 0.717) is 41.2 Å². The SMILES string of the molecule is O=C1c2[nH]nc(-c3ccccc3O)c2[C@@H](c2ccccc2F)N1C[C@H]1CCCO1. The molecule has 7 heteroatoms. The molecule has 1 saturated heterocycles. The van der Waals surface area contributed by atoms with Gasteiger partial charge in [-0.2, -0.15) is 5.10 Å². The summed E-state index contributed by atoms with van der Waals surface area (Å²) < 4.78 is 20.6. The lowest BCUT2D eigenvalue weighted by atomic mass is 9.95. The molecule has 2 N–H and O–H groups in total. The van der Waals surface area contributed by atoms with E-state index in [-0.39, 0.29) is 23.6 Å². The number of halogens is 1. The molecular formula is C22H20FN3O3. The number of carbonyl (C=O) groups is 1. The highest BCUT2D eigenvalue weighted by molar-refractivity contribution is 6.00. The number of hydrogen-bond acceptors (Lipinski definition) is 4. The fourth-order valence-electron chi connectivity index (χ4n) is 4.29. The Balaban J connectivity index is 1.66. The van der Waals surface area contributed by atoms with Crippen LogP contribution in [-0.4, -0.2) is 45.4 Å². The second-order valence-corrected chi connectivity index (χ2v) is 7.39. The van der Waals surface area contributed by atoms with E-state index in [1.807, 2.05) is 0 Å². The lowest BCUT2D eigenvalue weighted by Crippen LogP contribution is -2.36. The van der Waals surface area contributed by atoms with E-state index >= 15 is 0 Å². The van der Waals surface area contributed by atoms with Crippen LogP contribution < -0.4 is 0 Å². The van der Waals surface area contributed by atoms with Crippen molar-refractivity contribution >= 4 is 5.91 Å². The van der Waals surface area contributed by atoms with Crippen LogP contribution in [0.25, 0.3) is 11.3 Å². The summed E-state index contributed by atoms with van der Waals surface area (Å²) in [6, 6.07) is 12.6.